The lowest BCUT2D eigenvalue weighted by Crippen LogP contribution is -2.21. The molecule has 0 aliphatic carbocycles. The Bertz CT molecular complexity index is 873. The van der Waals surface area contributed by atoms with Gasteiger partial charge < -0.3 is 10.6 Å². The molecule has 0 saturated heterocycles. The van der Waals surface area contributed by atoms with Crippen LogP contribution in [0.25, 0.3) is 11.3 Å². The first-order chi connectivity index (χ1) is 12.4. The summed E-state index contributed by atoms with van der Waals surface area (Å²) in [5, 5.41) is 4.87. The number of aromatic nitrogens is 4. The van der Waals surface area contributed by atoms with E-state index in [2.05, 4.69) is 15.1 Å². The molecule has 0 unspecified atom stereocenters. The second-order valence-electron chi connectivity index (χ2n) is 6.08. The summed E-state index contributed by atoms with van der Waals surface area (Å²) in [5.41, 5.74) is 8.52. The van der Waals surface area contributed by atoms with E-state index >= 15 is 0 Å². The van der Waals surface area contributed by atoms with Gasteiger partial charge in [-0.2, -0.15) is 10.1 Å². The summed E-state index contributed by atoms with van der Waals surface area (Å²) in [6.07, 6.45) is 1.70. The number of halogens is 2. The highest BCUT2D eigenvalue weighted by Crippen LogP contribution is 2.21. The van der Waals surface area contributed by atoms with Crippen molar-refractivity contribution in [3.63, 3.8) is 0 Å². The van der Waals surface area contributed by atoms with Crippen molar-refractivity contribution in [3.8, 4) is 11.3 Å². The zero-order chi connectivity index (χ0) is 18.7. The maximum atomic E-state index is 13.1. The number of benzene rings is 1. The number of nitrogens with two attached hydrogens (primary N) is 1. The van der Waals surface area contributed by atoms with Crippen molar-refractivity contribution < 1.29 is 4.39 Å². The highest BCUT2D eigenvalue weighted by Gasteiger charge is 2.10. The Balaban J connectivity index is 1.61. The highest BCUT2D eigenvalue weighted by atomic mass is 35.5. The van der Waals surface area contributed by atoms with Gasteiger partial charge in [-0.1, -0.05) is 11.6 Å². The minimum atomic E-state index is -0.246. The lowest BCUT2D eigenvalue weighted by molar-refractivity contribution is 0.628. The molecule has 6 nitrogen and oxygen atoms in total. The molecule has 2 aromatic heterocycles. The lowest BCUT2D eigenvalue weighted by atomic mass is 10.1. The monoisotopic (exact) mass is 374 g/mol. The van der Waals surface area contributed by atoms with Crippen LogP contribution in [0.1, 0.15) is 12.1 Å². The molecule has 0 aliphatic heterocycles. The largest absolute Gasteiger partial charge is 0.368 e. The zero-order valence-electron chi connectivity index (χ0n) is 14.7. The van der Waals surface area contributed by atoms with E-state index in [1.807, 2.05) is 29.7 Å². The topological polar surface area (TPSA) is 72.9 Å². The van der Waals surface area contributed by atoms with Crippen molar-refractivity contribution in [1.29, 1.82) is 0 Å². The molecule has 136 valence electrons. The van der Waals surface area contributed by atoms with Gasteiger partial charge in [0.1, 0.15) is 16.8 Å². The first-order valence-corrected chi connectivity index (χ1v) is 8.60. The van der Waals surface area contributed by atoms with Crippen LogP contribution in [0.4, 0.5) is 16.2 Å². The van der Waals surface area contributed by atoms with E-state index in [1.165, 1.54) is 12.1 Å². The summed E-state index contributed by atoms with van der Waals surface area (Å²) in [4.78, 5) is 10.0. The predicted octanol–water partition coefficient (Wildman–Crippen LogP) is 3.32. The van der Waals surface area contributed by atoms with Gasteiger partial charge >= 0.3 is 0 Å². The molecule has 26 heavy (non-hydrogen) atoms. The van der Waals surface area contributed by atoms with E-state index in [4.69, 9.17) is 17.3 Å². The molecule has 0 saturated carbocycles. The molecular formula is C18H20ClFN6. The molecule has 0 aliphatic rings. The van der Waals surface area contributed by atoms with Crippen molar-refractivity contribution in [2.75, 3.05) is 24.2 Å². The number of nitrogens with zero attached hydrogens (tertiary/aromatic N) is 5. The van der Waals surface area contributed by atoms with E-state index in [-0.39, 0.29) is 11.8 Å². The fourth-order valence-corrected chi connectivity index (χ4v) is 2.95. The van der Waals surface area contributed by atoms with Crippen LogP contribution in [0.2, 0.25) is 5.15 Å². The number of anilines is 2. The Morgan fingerprint density at radius 1 is 1.19 bits per heavy atom. The third-order valence-electron chi connectivity index (χ3n) is 4.09. The number of nitrogen functional groups attached to an aromatic ring is 1. The molecule has 2 N–H and O–H groups in total. The molecule has 0 amide bonds. The maximum absolute atomic E-state index is 13.1. The van der Waals surface area contributed by atoms with Gasteiger partial charge in [-0.05, 0) is 48.7 Å². The van der Waals surface area contributed by atoms with Crippen LogP contribution in [0.5, 0.6) is 0 Å². The second-order valence-corrected chi connectivity index (χ2v) is 6.47. The third kappa shape index (κ3) is 4.29. The average Bonchev–Trinajstić information content (AvgIpc) is 2.95. The smallest absolute Gasteiger partial charge is 0.223 e. The van der Waals surface area contributed by atoms with Crippen LogP contribution < -0.4 is 10.6 Å². The van der Waals surface area contributed by atoms with Crippen LogP contribution in [0, 0.1) is 5.82 Å². The summed E-state index contributed by atoms with van der Waals surface area (Å²) in [6, 6.07) is 10.1. The van der Waals surface area contributed by atoms with Crippen molar-refractivity contribution in [1.82, 2.24) is 19.7 Å². The predicted molar refractivity (Wildman–Crippen MR) is 102 cm³/mol. The third-order valence-corrected chi connectivity index (χ3v) is 4.28. The number of aryl methyl sites for hydroxylation is 2. The molecule has 2 heterocycles. The van der Waals surface area contributed by atoms with Crippen molar-refractivity contribution in [2.45, 2.75) is 12.8 Å². The van der Waals surface area contributed by atoms with Gasteiger partial charge in [0.2, 0.25) is 5.95 Å². The maximum Gasteiger partial charge on any atom is 0.223 e. The first-order valence-electron chi connectivity index (χ1n) is 8.22. The van der Waals surface area contributed by atoms with Crippen molar-refractivity contribution in [2.24, 2.45) is 7.05 Å². The van der Waals surface area contributed by atoms with E-state index in [1.54, 1.807) is 18.2 Å². The summed E-state index contributed by atoms with van der Waals surface area (Å²) in [6.45, 7) is 0.773. The van der Waals surface area contributed by atoms with E-state index in [0.29, 0.717) is 11.0 Å². The summed E-state index contributed by atoms with van der Waals surface area (Å²) >= 11 is 5.92. The van der Waals surface area contributed by atoms with Gasteiger partial charge in [0.15, 0.2) is 0 Å². The molecular weight excluding hydrogens is 355 g/mol. The molecule has 0 spiro atoms. The minimum absolute atomic E-state index is 0.160. The Labute approximate surface area is 156 Å². The van der Waals surface area contributed by atoms with Crippen molar-refractivity contribution in [3.05, 3.63) is 53.1 Å². The molecule has 3 rings (SSSR count). The minimum Gasteiger partial charge on any atom is -0.368 e. The van der Waals surface area contributed by atoms with Gasteiger partial charge in [-0.25, -0.2) is 9.37 Å². The number of hydrogen-bond acceptors (Lipinski definition) is 5. The van der Waals surface area contributed by atoms with Crippen LogP contribution in [-0.2, 0) is 13.5 Å². The molecule has 0 fully saturated rings. The first kappa shape index (κ1) is 18.1. The quantitative estimate of drug-likeness (QED) is 0.670. The highest BCUT2D eigenvalue weighted by molar-refractivity contribution is 6.29. The summed E-state index contributed by atoms with van der Waals surface area (Å²) in [5.74, 6) is 0.605. The van der Waals surface area contributed by atoms with Crippen LogP contribution in [0.3, 0.4) is 0 Å². The molecule has 0 bridgehead atoms. The second kappa shape index (κ2) is 7.70. The van der Waals surface area contributed by atoms with Crippen LogP contribution in [-0.4, -0.2) is 33.3 Å². The van der Waals surface area contributed by atoms with Gasteiger partial charge in [0.05, 0.1) is 11.4 Å². The Morgan fingerprint density at radius 3 is 2.62 bits per heavy atom. The fourth-order valence-electron chi connectivity index (χ4n) is 2.77. The molecule has 0 radical (unpaired) electrons. The molecule has 8 heteroatoms. The van der Waals surface area contributed by atoms with Gasteiger partial charge in [0.25, 0.3) is 0 Å². The summed E-state index contributed by atoms with van der Waals surface area (Å²) in [7, 11) is 3.82. The van der Waals surface area contributed by atoms with Crippen molar-refractivity contribution >= 4 is 23.4 Å². The molecule has 3 aromatic rings. The standard InChI is InChI=1S/C18H20ClFN6/c1-25(17-11-16(19)22-18(21)23-17)9-3-4-14-10-15(26(2)24-14)12-5-7-13(20)8-6-12/h5-8,10-11H,3-4,9H2,1-2H3,(H2,21,22,23). The Hall–Kier alpha value is -2.67. The van der Waals surface area contributed by atoms with Gasteiger partial charge in [-0.3, -0.25) is 4.68 Å². The SMILES string of the molecule is CN(CCCc1cc(-c2ccc(F)cc2)n(C)n1)c1cc(Cl)nc(N)n1. The zero-order valence-corrected chi connectivity index (χ0v) is 15.4. The number of hydrogen-bond donors (Lipinski definition) is 1. The summed E-state index contributed by atoms with van der Waals surface area (Å²) < 4.78 is 14.9. The van der Waals surface area contributed by atoms with E-state index < -0.39 is 0 Å². The normalized spacial score (nSPS) is 10.9. The van der Waals surface area contributed by atoms with Crippen LogP contribution in [0.15, 0.2) is 36.4 Å². The molecule has 1 aromatic carbocycles. The Morgan fingerprint density at radius 2 is 1.92 bits per heavy atom. The van der Waals surface area contributed by atoms with Gasteiger partial charge in [-0.15, -0.1) is 0 Å². The van der Waals surface area contributed by atoms with Crippen LogP contribution >= 0.6 is 11.6 Å². The molecule has 0 atom stereocenters. The van der Waals surface area contributed by atoms with E-state index in [0.717, 1.165) is 36.3 Å². The lowest BCUT2D eigenvalue weighted by Gasteiger charge is -2.17. The van der Waals surface area contributed by atoms with Gasteiger partial charge in [0, 0.05) is 26.7 Å². The Kier molecular flexibility index (Phi) is 5.37. The van der Waals surface area contributed by atoms with E-state index in [9.17, 15) is 4.39 Å². The fraction of sp³-hybridized carbons (Fsp3) is 0.278. The number of rotatable bonds is 6. The average molecular weight is 375 g/mol.